The summed E-state index contributed by atoms with van der Waals surface area (Å²) in [5, 5.41) is 11.4. The van der Waals surface area contributed by atoms with Crippen LogP contribution in [0.1, 0.15) is 57.5 Å². The van der Waals surface area contributed by atoms with Crippen LogP contribution in [0, 0.1) is 0 Å². The number of hydrogen-bond donors (Lipinski definition) is 2. The lowest BCUT2D eigenvalue weighted by atomic mass is 10.00. The molecule has 0 bridgehead atoms. The van der Waals surface area contributed by atoms with Gasteiger partial charge in [-0.2, -0.15) is 0 Å². The molecule has 0 aromatic heterocycles. The van der Waals surface area contributed by atoms with Crippen molar-refractivity contribution in [3.05, 3.63) is 71.4 Å². The number of nitrogens with zero attached hydrogens (tertiary/aromatic N) is 1. The number of rotatable bonds is 4. The molecule has 0 fully saturated rings. The van der Waals surface area contributed by atoms with Crippen molar-refractivity contribution >= 4 is 21.5 Å². The molecule has 0 aliphatic carbocycles. The number of Topliss-reactive ketones (excluding diaryl/α,β-unsaturated/α-hetero) is 1. The summed E-state index contributed by atoms with van der Waals surface area (Å²) in [5.74, 6) is -0.317. The third kappa shape index (κ3) is 5.74. The summed E-state index contributed by atoms with van der Waals surface area (Å²) in [4.78, 5) is 13.6. The van der Waals surface area contributed by atoms with E-state index in [-0.39, 0.29) is 34.6 Å². The smallest absolute Gasteiger partial charge is 0.265 e. The van der Waals surface area contributed by atoms with Crippen molar-refractivity contribution in [3.8, 4) is 0 Å². The predicted octanol–water partition coefficient (Wildman–Crippen LogP) is 4.04. The molecular formula is C24H32N2O4S. The van der Waals surface area contributed by atoms with Crippen LogP contribution >= 0.6 is 0 Å². The number of likely N-dealkylation sites (N-methyl/N-ethyl adjacent to an activating group) is 1. The van der Waals surface area contributed by atoms with Crippen LogP contribution in [0.5, 0.6) is 0 Å². The van der Waals surface area contributed by atoms with E-state index in [1.54, 1.807) is 69.3 Å². The molecule has 2 aromatic rings. The number of sulfonamides is 1. The first-order chi connectivity index (χ1) is 14.4. The average Bonchev–Trinajstić information content (AvgIpc) is 2.68. The van der Waals surface area contributed by atoms with Crippen LogP contribution in [0.2, 0.25) is 0 Å². The van der Waals surface area contributed by atoms with E-state index in [2.05, 4.69) is 5.32 Å². The molecule has 0 amide bonds. The molecule has 0 saturated carbocycles. The summed E-state index contributed by atoms with van der Waals surface area (Å²) in [6.07, 6.45) is -0.167. The topological polar surface area (TPSA) is 86.7 Å². The first-order valence-corrected chi connectivity index (χ1v) is 11.8. The number of hydrogen-bond acceptors (Lipinski definition) is 5. The molecule has 1 aliphatic rings. The van der Waals surface area contributed by atoms with E-state index >= 15 is 0 Å². The zero-order valence-corrected chi connectivity index (χ0v) is 19.8. The Kier molecular flexibility index (Phi) is 7.68. The van der Waals surface area contributed by atoms with Crippen LogP contribution in [0.3, 0.4) is 0 Å². The lowest BCUT2D eigenvalue weighted by Crippen LogP contribution is -2.44. The number of aliphatic hydroxyl groups excluding tert-OH is 1. The van der Waals surface area contributed by atoms with Crippen molar-refractivity contribution in [1.82, 2.24) is 9.62 Å². The minimum atomic E-state index is -3.81. The van der Waals surface area contributed by atoms with Gasteiger partial charge in [-0.3, -0.25) is 9.10 Å². The summed E-state index contributed by atoms with van der Waals surface area (Å²) in [6, 6.07) is 15.6. The monoisotopic (exact) mass is 444 g/mol. The zero-order valence-electron chi connectivity index (χ0n) is 19.0. The molecule has 1 heterocycles. The molecule has 0 saturated heterocycles. The van der Waals surface area contributed by atoms with Gasteiger partial charge in [0.05, 0.1) is 10.6 Å². The fourth-order valence-electron chi connectivity index (χ4n) is 3.17. The maximum absolute atomic E-state index is 13.4. The molecule has 168 valence electrons. The van der Waals surface area contributed by atoms with Gasteiger partial charge in [-0.25, -0.2) is 8.42 Å². The van der Waals surface area contributed by atoms with Gasteiger partial charge in [-0.1, -0.05) is 48.5 Å². The van der Waals surface area contributed by atoms with E-state index in [1.165, 1.54) is 4.31 Å². The van der Waals surface area contributed by atoms with Crippen molar-refractivity contribution < 1.29 is 18.3 Å². The van der Waals surface area contributed by atoms with Crippen LogP contribution < -0.4 is 5.32 Å². The Morgan fingerprint density at radius 3 is 2.06 bits per heavy atom. The number of benzene rings is 2. The molecule has 0 atom stereocenters. The van der Waals surface area contributed by atoms with Gasteiger partial charge in [0.1, 0.15) is 5.70 Å². The SMILES string of the molecule is CC(C)O.CCN1C(C(=O)c2ccccc2)=C(NC(C)(C)C)c2ccccc2S1(=O)=O. The first-order valence-electron chi connectivity index (χ1n) is 10.3. The molecule has 2 N–H and O–H groups in total. The van der Waals surface area contributed by atoms with E-state index in [9.17, 15) is 13.2 Å². The predicted molar refractivity (Wildman–Crippen MR) is 124 cm³/mol. The molecule has 6 nitrogen and oxygen atoms in total. The van der Waals surface area contributed by atoms with Gasteiger partial charge in [-0.05, 0) is 47.6 Å². The van der Waals surface area contributed by atoms with Crippen molar-refractivity contribution in [2.75, 3.05) is 6.54 Å². The Labute approximate surface area is 185 Å². The van der Waals surface area contributed by atoms with E-state index < -0.39 is 10.0 Å². The van der Waals surface area contributed by atoms with Crippen LogP contribution in [0.25, 0.3) is 5.70 Å². The maximum Gasteiger partial charge on any atom is 0.265 e. The van der Waals surface area contributed by atoms with Crippen molar-refractivity contribution in [2.24, 2.45) is 0 Å². The van der Waals surface area contributed by atoms with Crippen LogP contribution in [-0.4, -0.2) is 41.8 Å². The van der Waals surface area contributed by atoms with Crippen LogP contribution in [0.4, 0.5) is 0 Å². The number of ketones is 1. The highest BCUT2D eigenvalue weighted by atomic mass is 32.2. The second-order valence-electron chi connectivity index (χ2n) is 8.55. The number of nitrogens with one attached hydrogen (secondary N) is 1. The van der Waals surface area contributed by atoms with Gasteiger partial charge >= 0.3 is 0 Å². The van der Waals surface area contributed by atoms with Crippen molar-refractivity contribution in [1.29, 1.82) is 0 Å². The Morgan fingerprint density at radius 1 is 1.03 bits per heavy atom. The number of aliphatic hydroxyl groups is 1. The Bertz CT molecular complexity index is 1050. The lowest BCUT2D eigenvalue weighted by Gasteiger charge is -2.36. The second-order valence-corrected chi connectivity index (χ2v) is 10.4. The summed E-state index contributed by atoms with van der Waals surface area (Å²) < 4.78 is 27.6. The molecule has 2 aromatic carbocycles. The molecule has 7 heteroatoms. The van der Waals surface area contributed by atoms with Crippen LogP contribution in [0.15, 0.2) is 65.2 Å². The third-order valence-electron chi connectivity index (χ3n) is 4.25. The van der Waals surface area contributed by atoms with Gasteiger partial charge in [0.2, 0.25) is 5.78 Å². The molecule has 31 heavy (non-hydrogen) atoms. The van der Waals surface area contributed by atoms with E-state index in [0.29, 0.717) is 16.8 Å². The number of fused-ring (bicyclic) bond motifs is 1. The highest BCUT2D eigenvalue weighted by Crippen LogP contribution is 2.37. The number of carbonyl (C=O) groups excluding carboxylic acids is 1. The minimum absolute atomic E-state index is 0.164. The van der Waals surface area contributed by atoms with Crippen LogP contribution in [-0.2, 0) is 10.0 Å². The zero-order chi connectivity index (χ0) is 23.4. The minimum Gasteiger partial charge on any atom is -0.394 e. The second kappa shape index (κ2) is 9.66. The summed E-state index contributed by atoms with van der Waals surface area (Å²) in [7, 11) is -3.81. The Morgan fingerprint density at radius 2 is 1.55 bits per heavy atom. The maximum atomic E-state index is 13.4. The summed E-state index contributed by atoms with van der Waals surface area (Å²) in [6.45, 7) is 11.3. The van der Waals surface area contributed by atoms with E-state index in [4.69, 9.17) is 5.11 Å². The van der Waals surface area contributed by atoms with Crippen molar-refractivity contribution in [2.45, 2.75) is 58.1 Å². The fraction of sp³-hybridized carbons (Fsp3) is 0.375. The van der Waals surface area contributed by atoms with Gasteiger partial charge in [-0.15, -0.1) is 0 Å². The highest BCUT2D eigenvalue weighted by Gasteiger charge is 2.39. The molecule has 3 rings (SSSR count). The van der Waals surface area contributed by atoms with E-state index in [0.717, 1.165) is 0 Å². The van der Waals surface area contributed by atoms with Gasteiger partial charge < -0.3 is 10.4 Å². The van der Waals surface area contributed by atoms with Gasteiger partial charge in [0, 0.05) is 29.3 Å². The Balaban J connectivity index is 0.000000785. The summed E-state index contributed by atoms with van der Waals surface area (Å²) in [5.41, 5.74) is 1.33. The first kappa shape index (κ1) is 24.6. The molecule has 0 radical (unpaired) electrons. The molecular weight excluding hydrogens is 412 g/mol. The molecule has 0 spiro atoms. The van der Waals surface area contributed by atoms with Gasteiger partial charge in [0.15, 0.2) is 0 Å². The third-order valence-corrected chi connectivity index (χ3v) is 6.18. The molecule has 0 unspecified atom stereocenters. The fourth-order valence-corrected chi connectivity index (χ4v) is 4.86. The highest BCUT2D eigenvalue weighted by molar-refractivity contribution is 7.89. The average molecular weight is 445 g/mol. The van der Waals surface area contributed by atoms with Crippen molar-refractivity contribution in [3.63, 3.8) is 0 Å². The molecule has 1 aliphatic heterocycles. The van der Waals surface area contributed by atoms with E-state index in [1.807, 2.05) is 26.8 Å². The largest absolute Gasteiger partial charge is 0.394 e. The number of carbonyl (C=O) groups is 1. The Hall–Kier alpha value is -2.64. The quantitative estimate of drug-likeness (QED) is 0.695. The normalized spacial score (nSPS) is 15.2. The number of allylic oxidation sites excluding steroid dienone is 1. The van der Waals surface area contributed by atoms with Gasteiger partial charge in [0.25, 0.3) is 10.0 Å². The lowest BCUT2D eigenvalue weighted by molar-refractivity contribution is 0.101. The summed E-state index contributed by atoms with van der Waals surface area (Å²) >= 11 is 0. The standard InChI is InChI=1S/C21H24N2O3S.C3H8O/c1-5-23-19(20(24)15-11-7-6-8-12-15)18(22-21(2,3)4)16-13-9-10-14-17(16)27(23,25)26;1-3(2)4/h6-14,22H,5H2,1-4H3;3-4H,1-2H3.